The minimum atomic E-state index is 0.713. The molecule has 106 valence electrons. The molecule has 1 N–H and O–H groups in total. The predicted molar refractivity (Wildman–Crippen MR) is 87.1 cm³/mol. The zero-order valence-electron chi connectivity index (χ0n) is 12.6. The molecule has 20 heavy (non-hydrogen) atoms. The molecule has 0 aliphatic carbocycles. The highest BCUT2D eigenvalue weighted by Crippen LogP contribution is 2.37. The molecule has 0 radical (unpaired) electrons. The van der Waals surface area contributed by atoms with E-state index in [4.69, 9.17) is 0 Å². The average Bonchev–Trinajstić information content (AvgIpc) is 2.47. The van der Waals surface area contributed by atoms with Crippen LogP contribution in [-0.2, 0) is 0 Å². The first-order chi connectivity index (χ1) is 9.75. The third-order valence-electron chi connectivity index (χ3n) is 4.60. The summed E-state index contributed by atoms with van der Waals surface area (Å²) in [6.07, 6.45) is 2.59. The van der Waals surface area contributed by atoms with Crippen LogP contribution in [0.2, 0.25) is 0 Å². The van der Waals surface area contributed by atoms with Gasteiger partial charge in [-0.1, -0.05) is 56.3 Å². The number of hydrogen-bond acceptors (Lipinski definition) is 1. The van der Waals surface area contributed by atoms with Gasteiger partial charge in [-0.15, -0.1) is 0 Å². The maximum absolute atomic E-state index is 3.59. The summed E-state index contributed by atoms with van der Waals surface area (Å²) in [7, 11) is 0. The molecule has 1 aliphatic heterocycles. The molecule has 2 unspecified atom stereocenters. The Hall–Kier alpha value is -1.34. The lowest BCUT2D eigenvalue weighted by molar-refractivity contribution is 0.281. The van der Waals surface area contributed by atoms with E-state index >= 15 is 0 Å². The fourth-order valence-corrected chi connectivity index (χ4v) is 3.76. The van der Waals surface area contributed by atoms with Crippen molar-refractivity contribution in [1.29, 1.82) is 0 Å². The average molecular weight is 267 g/mol. The maximum atomic E-state index is 3.59. The molecule has 1 heteroatoms. The number of nitrogens with one attached hydrogen (secondary N) is 1. The Morgan fingerprint density at radius 2 is 1.90 bits per heavy atom. The van der Waals surface area contributed by atoms with E-state index < -0.39 is 0 Å². The minimum absolute atomic E-state index is 0.713. The van der Waals surface area contributed by atoms with Crippen molar-refractivity contribution in [2.75, 3.05) is 13.1 Å². The topological polar surface area (TPSA) is 12.0 Å². The Kier molecular flexibility index (Phi) is 4.07. The van der Waals surface area contributed by atoms with Gasteiger partial charge in [-0.05, 0) is 60.0 Å². The summed E-state index contributed by atoms with van der Waals surface area (Å²) in [5.74, 6) is 2.26. The predicted octanol–water partition coefficient (Wildman–Crippen LogP) is 4.58. The Morgan fingerprint density at radius 3 is 2.75 bits per heavy atom. The van der Waals surface area contributed by atoms with Crippen LogP contribution < -0.4 is 5.32 Å². The first-order valence-electron chi connectivity index (χ1n) is 7.94. The molecule has 1 heterocycles. The quantitative estimate of drug-likeness (QED) is 0.858. The zero-order valence-corrected chi connectivity index (χ0v) is 12.6. The number of fused-ring (bicyclic) bond motifs is 1. The molecule has 1 aliphatic rings. The fourth-order valence-electron chi connectivity index (χ4n) is 3.76. The molecule has 0 bridgehead atoms. The van der Waals surface area contributed by atoms with Gasteiger partial charge in [-0.25, -0.2) is 0 Å². The molecule has 2 atom stereocenters. The van der Waals surface area contributed by atoms with Crippen LogP contribution in [0, 0.1) is 11.8 Å². The number of hydrogen-bond donors (Lipinski definition) is 1. The van der Waals surface area contributed by atoms with Gasteiger partial charge >= 0.3 is 0 Å². The second-order valence-electron chi connectivity index (χ2n) is 6.56. The Bertz CT molecular complexity index is 567. The SMILES string of the molecule is CC(C)CC1CNCCC1c1cccc2ccccc12. The van der Waals surface area contributed by atoms with Gasteiger partial charge in [0.15, 0.2) is 0 Å². The van der Waals surface area contributed by atoms with Crippen molar-refractivity contribution in [2.45, 2.75) is 32.6 Å². The zero-order chi connectivity index (χ0) is 13.9. The molecule has 0 saturated carbocycles. The van der Waals surface area contributed by atoms with Gasteiger partial charge in [-0.3, -0.25) is 0 Å². The van der Waals surface area contributed by atoms with E-state index in [2.05, 4.69) is 61.6 Å². The van der Waals surface area contributed by atoms with Gasteiger partial charge in [0.2, 0.25) is 0 Å². The highest BCUT2D eigenvalue weighted by Gasteiger charge is 2.27. The van der Waals surface area contributed by atoms with Crippen LogP contribution in [0.1, 0.15) is 38.2 Å². The van der Waals surface area contributed by atoms with Crippen LogP contribution in [0.15, 0.2) is 42.5 Å². The first kappa shape index (κ1) is 13.6. The van der Waals surface area contributed by atoms with E-state index in [1.54, 1.807) is 5.56 Å². The van der Waals surface area contributed by atoms with E-state index in [1.165, 1.54) is 30.2 Å². The molecule has 1 nitrogen and oxygen atoms in total. The molecule has 1 fully saturated rings. The molecular weight excluding hydrogens is 242 g/mol. The Morgan fingerprint density at radius 1 is 1.10 bits per heavy atom. The van der Waals surface area contributed by atoms with Crippen molar-refractivity contribution in [2.24, 2.45) is 11.8 Å². The van der Waals surface area contributed by atoms with Crippen molar-refractivity contribution < 1.29 is 0 Å². The molecule has 3 rings (SSSR count). The monoisotopic (exact) mass is 267 g/mol. The van der Waals surface area contributed by atoms with E-state index in [0.717, 1.165) is 18.4 Å². The van der Waals surface area contributed by atoms with E-state index in [1.807, 2.05) is 0 Å². The van der Waals surface area contributed by atoms with Gasteiger partial charge in [-0.2, -0.15) is 0 Å². The summed E-state index contributed by atoms with van der Waals surface area (Å²) in [6, 6.07) is 15.6. The van der Waals surface area contributed by atoms with Gasteiger partial charge in [0.1, 0.15) is 0 Å². The van der Waals surface area contributed by atoms with Crippen LogP contribution in [0.4, 0.5) is 0 Å². The normalized spacial score (nSPS) is 23.4. The van der Waals surface area contributed by atoms with Crippen LogP contribution >= 0.6 is 0 Å². The lowest BCUT2D eigenvalue weighted by Gasteiger charge is -2.34. The fraction of sp³-hybridized carbons (Fsp3) is 0.474. The van der Waals surface area contributed by atoms with E-state index in [-0.39, 0.29) is 0 Å². The third kappa shape index (κ3) is 2.73. The Balaban J connectivity index is 1.99. The van der Waals surface area contributed by atoms with Gasteiger partial charge in [0.25, 0.3) is 0 Å². The van der Waals surface area contributed by atoms with Crippen LogP contribution in [0.5, 0.6) is 0 Å². The second kappa shape index (κ2) is 5.97. The molecule has 0 aromatic heterocycles. The van der Waals surface area contributed by atoms with Crippen LogP contribution in [0.3, 0.4) is 0 Å². The third-order valence-corrected chi connectivity index (χ3v) is 4.60. The maximum Gasteiger partial charge on any atom is -0.00146 e. The van der Waals surface area contributed by atoms with Gasteiger partial charge in [0, 0.05) is 0 Å². The van der Waals surface area contributed by atoms with Crippen molar-refractivity contribution in [3.63, 3.8) is 0 Å². The number of piperidine rings is 1. The highest BCUT2D eigenvalue weighted by molar-refractivity contribution is 5.86. The lowest BCUT2D eigenvalue weighted by Crippen LogP contribution is -2.36. The summed E-state index contributed by atoms with van der Waals surface area (Å²) in [5, 5.41) is 6.42. The molecule has 0 spiro atoms. The van der Waals surface area contributed by atoms with Crippen molar-refractivity contribution >= 4 is 10.8 Å². The lowest BCUT2D eigenvalue weighted by atomic mass is 9.76. The van der Waals surface area contributed by atoms with Gasteiger partial charge in [0.05, 0.1) is 0 Å². The largest absolute Gasteiger partial charge is 0.316 e. The summed E-state index contributed by atoms with van der Waals surface area (Å²) in [6.45, 7) is 7.01. The van der Waals surface area contributed by atoms with Crippen molar-refractivity contribution in [3.05, 3.63) is 48.0 Å². The second-order valence-corrected chi connectivity index (χ2v) is 6.56. The van der Waals surface area contributed by atoms with Crippen molar-refractivity contribution in [1.82, 2.24) is 5.32 Å². The molecular formula is C19H25N. The first-order valence-corrected chi connectivity index (χ1v) is 7.94. The van der Waals surface area contributed by atoms with E-state index in [0.29, 0.717) is 5.92 Å². The summed E-state index contributed by atoms with van der Waals surface area (Å²) in [4.78, 5) is 0. The summed E-state index contributed by atoms with van der Waals surface area (Å²) >= 11 is 0. The smallest absolute Gasteiger partial charge is 0.00146 e. The Labute approximate surface area is 122 Å². The molecule has 0 amide bonds. The van der Waals surface area contributed by atoms with E-state index in [9.17, 15) is 0 Å². The minimum Gasteiger partial charge on any atom is -0.316 e. The molecule has 2 aromatic carbocycles. The molecule has 1 saturated heterocycles. The summed E-state index contributed by atoms with van der Waals surface area (Å²) in [5.41, 5.74) is 1.57. The standard InChI is InChI=1S/C19H25N/c1-14(2)12-16-13-20-11-10-18(16)19-9-5-7-15-6-3-4-8-17(15)19/h3-9,14,16,18,20H,10-13H2,1-2H3. The van der Waals surface area contributed by atoms with Gasteiger partial charge < -0.3 is 5.32 Å². The highest BCUT2D eigenvalue weighted by atomic mass is 14.9. The van der Waals surface area contributed by atoms with Crippen LogP contribution in [-0.4, -0.2) is 13.1 Å². The van der Waals surface area contributed by atoms with Crippen LogP contribution in [0.25, 0.3) is 10.8 Å². The number of rotatable bonds is 3. The molecule has 2 aromatic rings. The van der Waals surface area contributed by atoms with Crippen molar-refractivity contribution in [3.8, 4) is 0 Å². The number of benzene rings is 2. The summed E-state index contributed by atoms with van der Waals surface area (Å²) < 4.78 is 0.